The molecule has 1 aromatic heterocycles. The summed E-state index contributed by atoms with van der Waals surface area (Å²) in [6, 6.07) is 10.4. The first kappa shape index (κ1) is 17.1. The minimum absolute atomic E-state index is 0.100. The minimum atomic E-state index is -0.531. The summed E-state index contributed by atoms with van der Waals surface area (Å²) in [7, 11) is 1.59. The quantitative estimate of drug-likeness (QED) is 0.906. The smallest absolute Gasteiger partial charge is 0.252 e. The van der Waals surface area contributed by atoms with E-state index >= 15 is 0 Å². The number of anilines is 1. The van der Waals surface area contributed by atoms with Gasteiger partial charge in [-0.2, -0.15) is 0 Å². The number of carbonyl (C=O) groups excluding carboxylic acids is 2. The van der Waals surface area contributed by atoms with E-state index in [-0.39, 0.29) is 11.8 Å². The molecule has 2 amide bonds. The summed E-state index contributed by atoms with van der Waals surface area (Å²) in [6.45, 7) is 0.987. The van der Waals surface area contributed by atoms with E-state index in [9.17, 15) is 9.59 Å². The zero-order valence-corrected chi connectivity index (χ0v) is 14.1. The summed E-state index contributed by atoms with van der Waals surface area (Å²) in [5.74, 6) is -0.351. The molecule has 0 saturated carbocycles. The largest absolute Gasteiger partial charge is 0.380 e. The predicted molar refractivity (Wildman–Crippen MR) is 94.2 cm³/mol. The van der Waals surface area contributed by atoms with Crippen molar-refractivity contribution < 1.29 is 14.3 Å². The van der Waals surface area contributed by atoms with Gasteiger partial charge in [0.05, 0.1) is 18.5 Å². The van der Waals surface area contributed by atoms with E-state index in [1.807, 2.05) is 18.2 Å². The van der Waals surface area contributed by atoms with E-state index in [0.29, 0.717) is 25.1 Å². The first-order chi connectivity index (χ1) is 12.2. The molecule has 1 fully saturated rings. The molecule has 1 unspecified atom stereocenters. The van der Waals surface area contributed by atoms with Gasteiger partial charge in [-0.05, 0) is 36.6 Å². The number of carbonyl (C=O) groups is 2. The van der Waals surface area contributed by atoms with Gasteiger partial charge >= 0.3 is 0 Å². The number of pyridine rings is 1. The highest BCUT2D eigenvalue weighted by molar-refractivity contribution is 6.03. The Kier molecular flexibility index (Phi) is 5.40. The number of hydrogen-bond donors (Lipinski definition) is 1. The number of piperidine rings is 1. The van der Waals surface area contributed by atoms with E-state index in [4.69, 9.17) is 4.74 Å². The van der Waals surface area contributed by atoms with E-state index in [1.165, 1.54) is 0 Å². The number of aromatic nitrogens is 1. The van der Waals surface area contributed by atoms with Crippen LogP contribution in [0.25, 0.3) is 0 Å². The summed E-state index contributed by atoms with van der Waals surface area (Å²) < 4.78 is 5.14. The topological polar surface area (TPSA) is 71.5 Å². The van der Waals surface area contributed by atoms with Crippen molar-refractivity contribution in [3.8, 4) is 0 Å². The Morgan fingerprint density at radius 1 is 1.32 bits per heavy atom. The Hall–Kier alpha value is -2.73. The summed E-state index contributed by atoms with van der Waals surface area (Å²) >= 11 is 0. The van der Waals surface area contributed by atoms with Crippen molar-refractivity contribution >= 4 is 17.5 Å². The highest BCUT2D eigenvalue weighted by Gasteiger charge is 2.31. The van der Waals surface area contributed by atoms with E-state index in [2.05, 4.69) is 10.3 Å². The van der Waals surface area contributed by atoms with Crippen molar-refractivity contribution in [3.05, 3.63) is 59.9 Å². The molecule has 6 nitrogen and oxygen atoms in total. The Morgan fingerprint density at radius 2 is 2.16 bits per heavy atom. The summed E-state index contributed by atoms with van der Waals surface area (Å²) in [4.78, 5) is 31.2. The third-order valence-electron chi connectivity index (χ3n) is 4.26. The molecule has 2 aromatic rings. The lowest BCUT2D eigenvalue weighted by atomic mass is 10.0. The molecule has 25 heavy (non-hydrogen) atoms. The second kappa shape index (κ2) is 7.90. The molecule has 1 aliphatic heterocycles. The molecule has 3 rings (SSSR count). The number of methoxy groups -OCH3 is 1. The van der Waals surface area contributed by atoms with Crippen LogP contribution in [0.15, 0.2) is 48.8 Å². The van der Waals surface area contributed by atoms with Crippen molar-refractivity contribution in [1.29, 1.82) is 0 Å². The fraction of sp³-hybridized carbons (Fsp3) is 0.316. The highest BCUT2D eigenvalue weighted by atomic mass is 16.5. The van der Waals surface area contributed by atoms with Crippen molar-refractivity contribution in [2.24, 2.45) is 0 Å². The van der Waals surface area contributed by atoms with Gasteiger partial charge in [0.2, 0.25) is 5.91 Å². The molecule has 6 heteroatoms. The van der Waals surface area contributed by atoms with Crippen LogP contribution < -0.4 is 10.2 Å². The van der Waals surface area contributed by atoms with Gasteiger partial charge in [0.25, 0.3) is 5.91 Å². The molecule has 0 aliphatic carbocycles. The molecule has 1 N–H and O–H groups in total. The number of benzene rings is 1. The average molecular weight is 339 g/mol. The van der Waals surface area contributed by atoms with Crippen molar-refractivity contribution in [2.75, 3.05) is 18.6 Å². The normalized spacial score (nSPS) is 17.4. The van der Waals surface area contributed by atoms with Crippen LogP contribution in [0.4, 0.5) is 5.69 Å². The maximum atomic E-state index is 12.8. The molecule has 1 aromatic carbocycles. The molecular weight excluding hydrogens is 318 g/mol. The monoisotopic (exact) mass is 339 g/mol. The summed E-state index contributed by atoms with van der Waals surface area (Å²) in [5.41, 5.74) is 2.09. The van der Waals surface area contributed by atoms with Gasteiger partial charge in [-0.15, -0.1) is 0 Å². The molecule has 0 spiro atoms. The van der Waals surface area contributed by atoms with Crippen LogP contribution in [-0.4, -0.2) is 36.5 Å². The molecule has 1 saturated heterocycles. The van der Waals surface area contributed by atoms with Gasteiger partial charge in [0.15, 0.2) is 0 Å². The third kappa shape index (κ3) is 3.85. The zero-order valence-electron chi connectivity index (χ0n) is 14.1. The number of nitrogens with one attached hydrogen (secondary N) is 1. The van der Waals surface area contributed by atoms with E-state index < -0.39 is 6.04 Å². The maximum absolute atomic E-state index is 12.8. The first-order valence-corrected chi connectivity index (χ1v) is 8.30. The SMILES string of the molecule is COCc1ccccc1C(=O)NC1CCCN(c2cccnc2)C1=O. The average Bonchev–Trinajstić information content (AvgIpc) is 2.65. The molecular formula is C19H21N3O3. The van der Waals surface area contributed by atoms with Crippen molar-refractivity contribution in [1.82, 2.24) is 10.3 Å². The summed E-state index contributed by atoms with van der Waals surface area (Å²) in [5, 5.41) is 2.88. The standard InChI is InChI=1S/C19H21N3O3/c1-25-13-14-6-2-3-8-16(14)18(23)21-17-9-5-11-22(19(17)24)15-7-4-10-20-12-15/h2-4,6-8,10,12,17H,5,9,11,13H2,1H3,(H,21,23). The van der Waals surface area contributed by atoms with Crippen molar-refractivity contribution in [2.45, 2.75) is 25.5 Å². The van der Waals surface area contributed by atoms with Crippen LogP contribution in [0.1, 0.15) is 28.8 Å². The second-order valence-corrected chi connectivity index (χ2v) is 5.96. The molecule has 0 bridgehead atoms. The Balaban J connectivity index is 1.74. The third-order valence-corrected chi connectivity index (χ3v) is 4.26. The number of nitrogens with zero attached hydrogens (tertiary/aromatic N) is 2. The number of amides is 2. The Morgan fingerprint density at radius 3 is 2.92 bits per heavy atom. The highest BCUT2D eigenvalue weighted by Crippen LogP contribution is 2.20. The van der Waals surface area contributed by atoms with Crippen molar-refractivity contribution in [3.63, 3.8) is 0 Å². The molecule has 2 heterocycles. The van der Waals surface area contributed by atoms with Gasteiger partial charge in [-0.25, -0.2) is 0 Å². The van der Waals surface area contributed by atoms with Gasteiger partial charge in [0, 0.05) is 25.4 Å². The maximum Gasteiger partial charge on any atom is 0.252 e. The lowest BCUT2D eigenvalue weighted by Crippen LogP contribution is -2.52. The predicted octanol–water partition coefficient (Wildman–Crippen LogP) is 2.15. The molecule has 130 valence electrons. The lowest BCUT2D eigenvalue weighted by Gasteiger charge is -2.32. The van der Waals surface area contributed by atoms with Gasteiger partial charge in [-0.3, -0.25) is 14.6 Å². The fourth-order valence-corrected chi connectivity index (χ4v) is 3.04. The zero-order chi connectivity index (χ0) is 17.6. The van der Waals surface area contributed by atoms with E-state index in [1.54, 1.807) is 42.6 Å². The van der Waals surface area contributed by atoms with Gasteiger partial charge in [-0.1, -0.05) is 18.2 Å². The molecule has 1 atom stereocenters. The number of rotatable bonds is 5. The van der Waals surface area contributed by atoms with E-state index in [0.717, 1.165) is 17.7 Å². The lowest BCUT2D eigenvalue weighted by molar-refractivity contribution is -0.121. The van der Waals surface area contributed by atoms with Crippen LogP contribution >= 0.6 is 0 Å². The van der Waals surface area contributed by atoms with Crippen LogP contribution in [-0.2, 0) is 16.1 Å². The molecule has 0 radical (unpaired) electrons. The summed E-state index contributed by atoms with van der Waals surface area (Å²) in [6.07, 6.45) is 4.79. The van der Waals surface area contributed by atoms with Crippen LogP contribution in [0.2, 0.25) is 0 Å². The Bertz CT molecular complexity index is 749. The van der Waals surface area contributed by atoms with Crippen LogP contribution in [0, 0.1) is 0 Å². The van der Waals surface area contributed by atoms with Crippen LogP contribution in [0.3, 0.4) is 0 Å². The minimum Gasteiger partial charge on any atom is -0.380 e. The fourth-order valence-electron chi connectivity index (χ4n) is 3.04. The number of hydrogen-bond acceptors (Lipinski definition) is 4. The molecule has 1 aliphatic rings. The van der Waals surface area contributed by atoms with Gasteiger partial charge < -0.3 is 15.0 Å². The van der Waals surface area contributed by atoms with Gasteiger partial charge in [0.1, 0.15) is 6.04 Å². The number of ether oxygens (including phenoxy) is 1. The Labute approximate surface area is 146 Å². The van der Waals surface area contributed by atoms with Crippen LogP contribution in [0.5, 0.6) is 0 Å². The first-order valence-electron chi connectivity index (χ1n) is 8.30. The second-order valence-electron chi connectivity index (χ2n) is 5.96.